The van der Waals surface area contributed by atoms with Crippen LogP contribution in [0.1, 0.15) is 47.5 Å². The Morgan fingerprint density at radius 2 is 1.69 bits per heavy atom. The molecule has 2 nitrogen and oxygen atoms in total. The Bertz CT molecular complexity index is 199. The second kappa shape index (κ2) is 4.54. The zero-order valence-electron chi connectivity index (χ0n) is 9.31. The van der Waals surface area contributed by atoms with Crippen LogP contribution in [0.4, 0.5) is 0 Å². The summed E-state index contributed by atoms with van der Waals surface area (Å²) in [5.74, 6) is 0.409. The summed E-state index contributed by atoms with van der Waals surface area (Å²) in [6.07, 6.45) is 1.20. The average molecular weight is 184 g/mol. The first-order valence-electron chi connectivity index (χ1n) is 4.79. The van der Waals surface area contributed by atoms with E-state index in [1.54, 1.807) is 6.92 Å². The molecule has 2 heteroatoms. The molecule has 0 N–H and O–H groups in total. The molecule has 0 saturated carbocycles. The SMILES string of the molecule is CC(=O)CC[C@@H](C)C(=O)C(C)(C)C. The van der Waals surface area contributed by atoms with Gasteiger partial charge in [-0.1, -0.05) is 27.7 Å². The zero-order chi connectivity index (χ0) is 10.6. The van der Waals surface area contributed by atoms with E-state index < -0.39 is 0 Å². The first-order chi connectivity index (χ1) is 5.75. The van der Waals surface area contributed by atoms with Crippen molar-refractivity contribution in [1.82, 2.24) is 0 Å². The van der Waals surface area contributed by atoms with Crippen molar-refractivity contribution in [3.05, 3.63) is 0 Å². The summed E-state index contributed by atoms with van der Waals surface area (Å²) in [7, 11) is 0. The van der Waals surface area contributed by atoms with Gasteiger partial charge in [0.15, 0.2) is 0 Å². The Balaban J connectivity index is 4.05. The number of hydrogen-bond donors (Lipinski definition) is 0. The molecule has 0 fully saturated rings. The van der Waals surface area contributed by atoms with Gasteiger partial charge in [-0.05, 0) is 13.3 Å². The van der Waals surface area contributed by atoms with Gasteiger partial charge < -0.3 is 4.79 Å². The Morgan fingerprint density at radius 3 is 2.00 bits per heavy atom. The number of rotatable bonds is 4. The van der Waals surface area contributed by atoms with Gasteiger partial charge >= 0.3 is 0 Å². The standard InChI is InChI=1S/C11H20O2/c1-8(6-7-9(2)12)10(13)11(3,4)5/h8H,6-7H2,1-5H3/t8-/m1/s1. The van der Waals surface area contributed by atoms with Crippen LogP contribution < -0.4 is 0 Å². The molecule has 0 aliphatic rings. The maximum atomic E-state index is 11.7. The molecule has 0 aromatic carbocycles. The highest BCUT2D eigenvalue weighted by Gasteiger charge is 2.26. The van der Waals surface area contributed by atoms with Crippen molar-refractivity contribution < 1.29 is 9.59 Å². The summed E-state index contributed by atoms with van der Waals surface area (Å²) in [6.45, 7) is 9.21. The largest absolute Gasteiger partial charge is 0.300 e. The second-order valence-corrected chi connectivity index (χ2v) is 4.76. The predicted molar refractivity (Wildman–Crippen MR) is 53.5 cm³/mol. The number of carbonyl (C=O) groups excluding carboxylic acids is 2. The third kappa shape index (κ3) is 4.81. The van der Waals surface area contributed by atoms with Crippen molar-refractivity contribution in [2.45, 2.75) is 47.5 Å². The molecule has 0 bridgehead atoms. The lowest BCUT2D eigenvalue weighted by molar-refractivity contribution is -0.130. The highest BCUT2D eigenvalue weighted by Crippen LogP contribution is 2.22. The quantitative estimate of drug-likeness (QED) is 0.673. The molecular weight excluding hydrogens is 164 g/mol. The molecule has 76 valence electrons. The Labute approximate surface area is 80.7 Å². The van der Waals surface area contributed by atoms with Crippen molar-refractivity contribution in [3.63, 3.8) is 0 Å². The number of ketones is 2. The van der Waals surface area contributed by atoms with Crippen LogP contribution in [0, 0.1) is 11.3 Å². The normalized spacial score (nSPS) is 13.9. The Kier molecular flexibility index (Phi) is 4.31. The van der Waals surface area contributed by atoms with Gasteiger partial charge in [-0.2, -0.15) is 0 Å². The van der Waals surface area contributed by atoms with Crippen LogP contribution in [-0.4, -0.2) is 11.6 Å². The maximum absolute atomic E-state index is 11.7. The van der Waals surface area contributed by atoms with Gasteiger partial charge in [0.1, 0.15) is 11.6 Å². The van der Waals surface area contributed by atoms with E-state index in [-0.39, 0.29) is 22.9 Å². The van der Waals surface area contributed by atoms with Gasteiger partial charge in [-0.15, -0.1) is 0 Å². The van der Waals surface area contributed by atoms with Gasteiger partial charge in [-0.3, -0.25) is 4.79 Å². The van der Waals surface area contributed by atoms with Gasteiger partial charge in [-0.25, -0.2) is 0 Å². The minimum Gasteiger partial charge on any atom is -0.300 e. The first-order valence-corrected chi connectivity index (χ1v) is 4.79. The van der Waals surface area contributed by atoms with E-state index in [4.69, 9.17) is 0 Å². The lowest BCUT2D eigenvalue weighted by Gasteiger charge is -2.21. The molecule has 0 heterocycles. The fourth-order valence-corrected chi connectivity index (χ4v) is 1.29. The molecule has 0 unspecified atom stereocenters. The summed E-state index contributed by atoms with van der Waals surface area (Å²) in [6, 6.07) is 0. The summed E-state index contributed by atoms with van der Waals surface area (Å²) in [5, 5.41) is 0. The lowest BCUT2D eigenvalue weighted by atomic mass is 9.82. The van der Waals surface area contributed by atoms with Crippen LogP contribution in [0.15, 0.2) is 0 Å². The van der Waals surface area contributed by atoms with Crippen LogP contribution in [0.5, 0.6) is 0 Å². The van der Waals surface area contributed by atoms with Crippen LogP contribution in [0.3, 0.4) is 0 Å². The van der Waals surface area contributed by atoms with E-state index in [1.807, 2.05) is 27.7 Å². The predicted octanol–water partition coefficient (Wildman–Crippen LogP) is 2.61. The van der Waals surface area contributed by atoms with Crippen molar-refractivity contribution in [3.8, 4) is 0 Å². The van der Waals surface area contributed by atoms with E-state index in [2.05, 4.69) is 0 Å². The summed E-state index contributed by atoms with van der Waals surface area (Å²) >= 11 is 0. The molecule has 1 atom stereocenters. The second-order valence-electron chi connectivity index (χ2n) is 4.76. The number of carbonyl (C=O) groups is 2. The summed E-state index contributed by atoms with van der Waals surface area (Å²) < 4.78 is 0. The Hall–Kier alpha value is -0.660. The minimum absolute atomic E-state index is 0.00361. The zero-order valence-corrected chi connectivity index (χ0v) is 9.31. The van der Waals surface area contributed by atoms with Crippen molar-refractivity contribution in [2.75, 3.05) is 0 Å². The minimum atomic E-state index is -0.282. The molecule has 0 aromatic heterocycles. The molecule has 0 aliphatic heterocycles. The van der Waals surface area contributed by atoms with Crippen molar-refractivity contribution in [2.24, 2.45) is 11.3 Å². The molecule has 0 aromatic rings. The van der Waals surface area contributed by atoms with E-state index in [0.717, 1.165) is 0 Å². The molecule has 0 amide bonds. The fraction of sp³-hybridized carbons (Fsp3) is 0.818. The van der Waals surface area contributed by atoms with Crippen molar-refractivity contribution in [1.29, 1.82) is 0 Å². The lowest BCUT2D eigenvalue weighted by Crippen LogP contribution is -2.26. The fourth-order valence-electron chi connectivity index (χ4n) is 1.29. The van der Waals surface area contributed by atoms with E-state index >= 15 is 0 Å². The van der Waals surface area contributed by atoms with Gasteiger partial charge in [0.05, 0.1) is 0 Å². The van der Waals surface area contributed by atoms with E-state index in [1.165, 1.54) is 0 Å². The number of Topliss-reactive ketones (excluding diaryl/α,β-unsaturated/α-hetero) is 2. The molecule has 0 rings (SSSR count). The highest BCUT2D eigenvalue weighted by atomic mass is 16.1. The summed E-state index contributed by atoms with van der Waals surface area (Å²) in [5.41, 5.74) is -0.282. The third-order valence-electron chi connectivity index (χ3n) is 2.12. The molecule has 0 radical (unpaired) electrons. The van der Waals surface area contributed by atoms with Crippen LogP contribution in [0.2, 0.25) is 0 Å². The van der Waals surface area contributed by atoms with Crippen molar-refractivity contribution >= 4 is 11.6 Å². The van der Waals surface area contributed by atoms with Gasteiger partial charge in [0, 0.05) is 17.8 Å². The maximum Gasteiger partial charge on any atom is 0.141 e. The number of hydrogen-bond acceptors (Lipinski definition) is 2. The van der Waals surface area contributed by atoms with E-state index in [9.17, 15) is 9.59 Å². The monoisotopic (exact) mass is 184 g/mol. The van der Waals surface area contributed by atoms with E-state index in [0.29, 0.717) is 12.8 Å². The van der Waals surface area contributed by atoms with Crippen LogP contribution in [-0.2, 0) is 9.59 Å². The van der Waals surface area contributed by atoms with Crippen LogP contribution in [0.25, 0.3) is 0 Å². The first kappa shape index (κ1) is 12.3. The summed E-state index contributed by atoms with van der Waals surface area (Å²) in [4.78, 5) is 22.4. The molecule has 0 spiro atoms. The highest BCUT2D eigenvalue weighted by molar-refractivity contribution is 5.86. The average Bonchev–Trinajstić information content (AvgIpc) is 1.96. The molecule has 0 aliphatic carbocycles. The molecule has 13 heavy (non-hydrogen) atoms. The van der Waals surface area contributed by atoms with Gasteiger partial charge in [0.25, 0.3) is 0 Å². The smallest absolute Gasteiger partial charge is 0.141 e. The van der Waals surface area contributed by atoms with Gasteiger partial charge in [0.2, 0.25) is 0 Å². The van der Waals surface area contributed by atoms with Crippen LogP contribution >= 0.6 is 0 Å². The Morgan fingerprint density at radius 1 is 1.23 bits per heavy atom. The molecular formula is C11H20O2. The third-order valence-corrected chi connectivity index (χ3v) is 2.12. The topological polar surface area (TPSA) is 34.1 Å². The molecule has 0 saturated heterocycles.